The summed E-state index contributed by atoms with van der Waals surface area (Å²) in [6.45, 7) is 3.69. The predicted molar refractivity (Wildman–Crippen MR) is 81.0 cm³/mol. The third-order valence-corrected chi connectivity index (χ3v) is 4.05. The van der Waals surface area contributed by atoms with Crippen LogP contribution in [0.15, 0.2) is 18.2 Å². The highest BCUT2D eigenvalue weighted by molar-refractivity contribution is 6.35. The van der Waals surface area contributed by atoms with Crippen LogP contribution in [-0.2, 0) is 4.79 Å². The van der Waals surface area contributed by atoms with Gasteiger partial charge >= 0.3 is 5.97 Å². The summed E-state index contributed by atoms with van der Waals surface area (Å²) in [5.74, 6) is -0.988. The van der Waals surface area contributed by atoms with Gasteiger partial charge in [0.25, 0.3) is 5.91 Å². The minimum atomic E-state index is -0.851. The average Bonchev–Trinajstić information content (AvgIpc) is 2.44. The lowest BCUT2D eigenvalue weighted by Gasteiger charge is -2.36. The van der Waals surface area contributed by atoms with E-state index in [2.05, 4.69) is 0 Å². The summed E-state index contributed by atoms with van der Waals surface area (Å²) in [4.78, 5) is 26.9. The summed E-state index contributed by atoms with van der Waals surface area (Å²) >= 11 is 11.8. The van der Waals surface area contributed by atoms with Gasteiger partial charge in [-0.2, -0.15) is 0 Å². The summed E-state index contributed by atoms with van der Waals surface area (Å²) in [6, 6.07) is 4.21. The molecule has 114 valence electrons. The van der Waals surface area contributed by atoms with Crippen LogP contribution in [0.25, 0.3) is 0 Å². The third kappa shape index (κ3) is 3.87. The maximum absolute atomic E-state index is 12.4. The molecule has 0 radical (unpaired) electrons. The van der Waals surface area contributed by atoms with Gasteiger partial charge in [0.05, 0.1) is 0 Å². The highest BCUT2D eigenvalue weighted by Crippen LogP contribution is 2.21. The molecule has 1 aromatic carbocycles. The van der Waals surface area contributed by atoms with Gasteiger partial charge in [-0.1, -0.05) is 23.2 Å². The van der Waals surface area contributed by atoms with E-state index in [0.717, 1.165) is 0 Å². The zero-order valence-corrected chi connectivity index (χ0v) is 13.1. The zero-order valence-electron chi connectivity index (χ0n) is 11.6. The molecule has 2 rings (SSSR count). The maximum atomic E-state index is 12.4. The zero-order chi connectivity index (χ0) is 15.6. The van der Waals surface area contributed by atoms with Gasteiger partial charge in [-0.15, -0.1) is 0 Å². The van der Waals surface area contributed by atoms with Crippen LogP contribution < -0.4 is 0 Å². The fraction of sp³-hybridized carbons (Fsp3) is 0.429. The maximum Gasteiger partial charge on any atom is 0.320 e. The fourth-order valence-electron chi connectivity index (χ4n) is 2.33. The van der Waals surface area contributed by atoms with E-state index >= 15 is 0 Å². The van der Waals surface area contributed by atoms with Crippen LogP contribution in [-0.4, -0.2) is 59.0 Å². The fourth-order valence-corrected chi connectivity index (χ4v) is 2.85. The number of carbonyl (C=O) groups is 2. The van der Waals surface area contributed by atoms with Crippen molar-refractivity contribution >= 4 is 35.1 Å². The summed E-state index contributed by atoms with van der Waals surface area (Å²) in [5.41, 5.74) is 0.451. The summed E-state index contributed by atoms with van der Waals surface area (Å²) < 4.78 is 0. The van der Waals surface area contributed by atoms with Crippen LogP contribution in [0.1, 0.15) is 17.3 Å². The second kappa shape index (κ2) is 6.64. The second-order valence-electron chi connectivity index (χ2n) is 5.00. The summed E-state index contributed by atoms with van der Waals surface area (Å²) in [7, 11) is 0. The van der Waals surface area contributed by atoms with Crippen molar-refractivity contribution in [2.24, 2.45) is 0 Å². The standard InChI is InChI=1S/C14H16Cl2N2O3/c1-9(14(20)21)17-2-4-18(5-3-17)13(19)10-6-11(15)8-12(16)7-10/h6-9H,2-5H2,1H3,(H,20,21). The Labute approximate surface area is 133 Å². The Balaban J connectivity index is 2.01. The number of halogens is 2. The molecule has 1 N–H and O–H groups in total. The van der Waals surface area contributed by atoms with E-state index in [1.54, 1.807) is 30.0 Å². The van der Waals surface area contributed by atoms with Crippen molar-refractivity contribution in [2.75, 3.05) is 26.2 Å². The molecule has 21 heavy (non-hydrogen) atoms. The molecule has 0 aliphatic carbocycles. The van der Waals surface area contributed by atoms with Crippen molar-refractivity contribution in [1.29, 1.82) is 0 Å². The van der Waals surface area contributed by atoms with E-state index in [9.17, 15) is 9.59 Å². The quantitative estimate of drug-likeness (QED) is 0.923. The van der Waals surface area contributed by atoms with Crippen LogP contribution in [0, 0.1) is 0 Å². The Morgan fingerprint density at radius 3 is 2.10 bits per heavy atom. The molecule has 0 aromatic heterocycles. The van der Waals surface area contributed by atoms with Crippen molar-refractivity contribution in [1.82, 2.24) is 9.80 Å². The molecule has 1 unspecified atom stereocenters. The number of carbonyl (C=O) groups excluding carboxylic acids is 1. The first-order valence-electron chi connectivity index (χ1n) is 6.60. The largest absolute Gasteiger partial charge is 0.480 e. The van der Waals surface area contributed by atoms with Gasteiger partial charge in [-0.05, 0) is 25.1 Å². The molecule has 1 aliphatic heterocycles. The number of benzene rings is 1. The number of hydrogen-bond donors (Lipinski definition) is 1. The Kier molecular flexibility index (Phi) is 5.08. The van der Waals surface area contributed by atoms with Gasteiger partial charge in [0.1, 0.15) is 6.04 Å². The SMILES string of the molecule is CC(C(=O)O)N1CCN(C(=O)c2cc(Cl)cc(Cl)c2)CC1. The van der Waals surface area contributed by atoms with Gasteiger partial charge in [-0.25, -0.2) is 0 Å². The van der Waals surface area contributed by atoms with Crippen LogP contribution in [0.2, 0.25) is 10.0 Å². The Morgan fingerprint density at radius 2 is 1.62 bits per heavy atom. The van der Waals surface area contributed by atoms with Crippen LogP contribution in [0.4, 0.5) is 0 Å². The van der Waals surface area contributed by atoms with Gasteiger partial charge in [0, 0.05) is 41.8 Å². The van der Waals surface area contributed by atoms with Crippen molar-refractivity contribution in [3.05, 3.63) is 33.8 Å². The number of nitrogens with zero attached hydrogens (tertiary/aromatic N) is 2. The highest BCUT2D eigenvalue weighted by Gasteiger charge is 2.27. The topological polar surface area (TPSA) is 60.9 Å². The van der Waals surface area contributed by atoms with E-state index in [0.29, 0.717) is 41.8 Å². The third-order valence-electron chi connectivity index (χ3n) is 3.62. The summed E-state index contributed by atoms with van der Waals surface area (Å²) in [6.07, 6.45) is 0. The van der Waals surface area contributed by atoms with E-state index in [1.807, 2.05) is 4.90 Å². The van der Waals surface area contributed by atoms with Crippen LogP contribution >= 0.6 is 23.2 Å². The Bertz CT molecular complexity index is 537. The highest BCUT2D eigenvalue weighted by atomic mass is 35.5. The molecule has 1 amide bonds. The van der Waals surface area contributed by atoms with Gasteiger partial charge in [0.15, 0.2) is 0 Å². The van der Waals surface area contributed by atoms with Gasteiger partial charge in [-0.3, -0.25) is 14.5 Å². The second-order valence-corrected chi connectivity index (χ2v) is 5.87. The smallest absolute Gasteiger partial charge is 0.320 e. The molecule has 1 aromatic rings. The van der Waals surface area contributed by atoms with Crippen molar-refractivity contribution in [2.45, 2.75) is 13.0 Å². The van der Waals surface area contributed by atoms with Crippen molar-refractivity contribution < 1.29 is 14.7 Å². The first kappa shape index (κ1) is 16.1. The monoisotopic (exact) mass is 330 g/mol. The first-order valence-corrected chi connectivity index (χ1v) is 7.36. The molecule has 7 heteroatoms. The minimum Gasteiger partial charge on any atom is -0.480 e. The van der Waals surface area contributed by atoms with Crippen LogP contribution in [0.3, 0.4) is 0 Å². The predicted octanol–water partition coefficient (Wildman–Crippen LogP) is 2.22. The first-order chi connectivity index (χ1) is 9.88. The number of aliphatic carboxylic acids is 1. The number of carboxylic acids is 1. The Hall–Kier alpha value is -1.30. The molecule has 1 saturated heterocycles. The molecule has 1 fully saturated rings. The lowest BCUT2D eigenvalue weighted by atomic mass is 10.1. The molecule has 1 heterocycles. The molecule has 5 nitrogen and oxygen atoms in total. The number of rotatable bonds is 3. The Morgan fingerprint density at radius 1 is 1.10 bits per heavy atom. The van der Waals surface area contributed by atoms with Crippen molar-refractivity contribution in [3.8, 4) is 0 Å². The van der Waals surface area contributed by atoms with E-state index in [4.69, 9.17) is 28.3 Å². The van der Waals surface area contributed by atoms with Gasteiger partial charge < -0.3 is 10.0 Å². The average molecular weight is 331 g/mol. The number of hydrogen-bond acceptors (Lipinski definition) is 3. The van der Waals surface area contributed by atoms with Crippen LogP contribution in [0.5, 0.6) is 0 Å². The molecule has 0 spiro atoms. The number of carboxylic acid groups (broad SMARTS) is 1. The van der Waals surface area contributed by atoms with E-state index < -0.39 is 12.0 Å². The van der Waals surface area contributed by atoms with Gasteiger partial charge in [0.2, 0.25) is 0 Å². The van der Waals surface area contributed by atoms with Crippen molar-refractivity contribution in [3.63, 3.8) is 0 Å². The molecule has 0 saturated carbocycles. The molecular weight excluding hydrogens is 315 g/mol. The number of piperazine rings is 1. The number of amides is 1. The summed E-state index contributed by atoms with van der Waals surface area (Å²) in [5, 5.41) is 9.84. The normalized spacial score (nSPS) is 17.6. The molecule has 1 atom stereocenters. The molecular formula is C14H16Cl2N2O3. The molecule has 1 aliphatic rings. The lowest BCUT2D eigenvalue weighted by molar-refractivity contribution is -0.143. The lowest BCUT2D eigenvalue weighted by Crippen LogP contribution is -2.53. The molecule has 0 bridgehead atoms. The van der Waals surface area contributed by atoms with E-state index in [-0.39, 0.29) is 5.91 Å². The minimum absolute atomic E-state index is 0.137. The van der Waals surface area contributed by atoms with E-state index in [1.165, 1.54) is 0 Å².